The fourth-order valence-electron chi connectivity index (χ4n) is 2.25. The molecule has 2 saturated heterocycles. The van der Waals surface area contributed by atoms with Gasteiger partial charge in [-0.05, 0) is 19.4 Å². The van der Waals surface area contributed by atoms with Gasteiger partial charge < -0.3 is 19.0 Å². The smallest absolute Gasteiger partial charge is 0.164 e. The number of hydrogen-bond acceptors (Lipinski definition) is 5. The Labute approximate surface area is 118 Å². The van der Waals surface area contributed by atoms with Crippen LogP contribution in [0.5, 0.6) is 0 Å². The third kappa shape index (κ3) is 3.36. The van der Waals surface area contributed by atoms with E-state index < -0.39 is 5.79 Å². The molecule has 0 aliphatic carbocycles. The van der Waals surface area contributed by atoms with Gasteiger partial charge in [0.1, 0.15) is 24.9 Å². The van der Waals surface area contributed by atoms with Gasteiger partial charge in [-0.1, -0.05) is 35.5 Å². The third-order valence-corrected chi connectivity index (χ3v) is 3.25. The van der Waals surface area contributed by atoms with Crippen molar-refractivity contribution in [3.05, 3.63) is 35.9 Å². The molecule has 0 bridgehead atoms. The van der Waals surface area contributed by atoms with Crippen LogP contribution in [0.15, 0.2) is 35.5 Å². The highest BCUT2D eigenvalue weighted by molar-refractivity contribution is 5.64. The lowest BCUT2D eigenvalue weighted by Gasteiger charge is -2.15. The molecule has 0 spiro atoms. The summed E-state index contributed by atoms with van der Waals surface area (Å²) in [7, 11) is 0. The summed E-state index contributed by atoms with van der Waals surface area (Å²) < 4.78 is 16.9. The highest BCUT2D eigenvalue weighted by atomic mass is 16.8. The number of benzene rings is 1. The summed E-state index contributed by atoms with van der Waals surface area (Å²) in [5, 5.41) is 3.99. The monoisotopic (exact) mass is 277 g/mol. The van der Waals surface area contributed by atoms with Crippen LogP contribution in [-0.4, -0.2) is 36.9 Å². The van der Waals surface area contributed by atoms with Crippen LogP contribution < -0.4 is 0 Å². The molecule has 3 atom stereocenters. The lowest BCUT2D eigenvalue weighted by atomic mass is 10.2. The molecule has 0 amide bonds. The molecule has 0 radical (unpaired) electrons. The number of nitrogens with zero attached hydrogens (tertiary/aromatic N) is 1. The normalized spacial score (nSPS) is 31.6. The molecule has 5 nitrogen and oxygen atoms in total. The maximum absolute atomic E-state index is 5.81. The summed E-state index contributed by atoms with van der Waals surface area (Å²) in [5.74, 6) is -0.604. The molecule has 5 heteroatoms. The fraction of sp³-hybridized carbons (Fsp3) is 0.533. The van der Waals surface area contributed by atoms with Crippen LogP contribution in [-0.2, 0) is 25.7 Å². The van der Waals surface area contributed by atoms with Crippen LogP contribution in [0.2, 0.25) is 0 Å². The van der Waals surface area contributed by atoms with Crippen molar-refractivity contribution < 1.29 is 19.0 Å². The van der Waals surface area contributed by atoms with E-state index in [1.165, 1.54) is 0 Å². The van der Waals surface area contributed by atoms with E-state index in [2.05, 4.69) is 5.16 Å². The third-order valence-electron chi connectivity index (χ3n) is 3.25. The van der Waals surface area contributed by atoms with E-state index in [-0.39, 0.29) is 18.3 Å². The van der Waals surface area contributed by atoms with Crippen LogP contribution in [0.3, 0.4) is 0 Å². The average Bonchev–Trinajstić information content (AvgIpc) is 3.21. The van der Waals surface area contributed by atoms with Crippen molar-refractivity contribution in [1.29, 1.82) is 0 Å². The Bertz CT molecular complexity index is 470. The maximum atomic E-state index is 5.81. The van der Waals surface area contributed by atoms with Gasteiger partial charge in [0.05, 0.1) is 12.8 Å². The molecule has 2 aliphatic rings. The van der Waals surface area contributed by atoms with Gasteiger partial charge in [-0.3, -0.25) is 0 Å². The molecule has 3 rings (SSSR count). The Kier molecular flexibility index (Phi) is 3.74. The lowest BCUT2D eigenvalue weighted by Crippen LogP contribution is -2.29. The lowest BCUT2D eigenvalue weighted by molar-refractivity contribution is -0.143. The molecule has 0 N–H and O–H groups in total. The van der Waals surface area contributed by atoms with Crippen molar-refractivity contribution >= 4 is 6.21 Å². The Balaban J connectivity index is 1.52. The van der Waals surface area contributed by atoms with E-state index >= 15 is 0 Å². The van der Waals surface area contributed by atoms with Gasteiger partial charge in [0.2, 0.25) is 0 Å². The van der Waals surface area contributed by atoms with Crippen LogP contribution in [0.25, 0.3) is 0 Å². The van der Waals surface area contributed by atoms with E-state index in [1.807, 2.05) is 44.2 Å². The van der Waals surface area contributed by atoms with Gasteiger partial charge in [0, 0.05) is 0 Å². The molecule has 2 aliphatic heterocycles. The first-order chi connectivity index (χ1) is 9.64. The zero-order valence-electron chi connectivity index (χ0n) is 11.7. The van der Waals surface area contributed by atoms with Gasteiger partial charge in [-0.2, -0.15) is 0 Å². The Morgan fingerprint density at radius 3 is 2.75 bits per heavy atom. The van der Waals surface area contributed by atoms with Crippen molar-refractivity contribution in [2.75, 3.05) is 6.61 Å². The van der Waals surface area contributed by atoms with Gasteiger partial charge >= 0.3 is 0 Å². The van der Waals surface area contributed by atoms with Crippen LogP contribution in [0.4, 0.5) is 0 Å². The van der Waals surface area contributed by atoms with Crippen molar-refractivity contribution in [3.63, 3.8) is 0 Å². The summed E-state index contributed by atoms with van der Waals surface area (Å²) in [5.41, 5.74) is 1.08. The SMILES string of the molecule is CC1(C)O[C@H]([C@@H]2CO2)[C@H](/C=N/OCc2ccccc2)O1. The second kappa shape index (κ2) is 5.52. The summed E-state index contributed by atoms with van der Waals surface area (Å²) in [6.07, 6.45) is 1.44. The van der Waals surface area contributed by atoms with Gasteiger partial charge in [-0.25, -0.2) is 0 Å². The topological polar surface area (TPSA) is 52.6 Å². The zero-order chi connectivity index (χ0) is 14.0. The second-order valence-corrected chi connectivity index (χ2v) is 5.45. The Morgan fingerprint density at radius 2 is 2.05 bits per heavy atom. The van der Waals surface area contributed by atoms with E-state index in [9.17, 15) is 0 Å². The fourth-order valence-corrected chi connectivity index (χ4v) is 2.25. The average molecular weight is 277 g/mol. The summed E-state index contributed by atoms with van der Waals surface area (Å²) in [6, 6.07) is 9.90. The molecule has 2 heterocycles. The van der Waals surface area contributed by atoms with Gasteiger partial charge in [-0.15, -0.1) is 0 Å². The molecular formula is C15H19NO4. The molecular weight excluding hydrogens is 258 g/mol. The van der Waals surface area contributed by atoms with E-state index in [0.717, 1.165) is 12.2 Å². The minimum absolute atomic E-state index is 0.103. The first kappa shape index (κ1) is 13.5. The van der Waals surface area contributed by atoms with Crippen molar-refractivity contribution in [2.45, 2.75) is 44.6 Å². The molecule has 0 aromatic heterocycles. The van der Waals surface area contributed by atoms with Crippen molar-refractivity contribution in [3.8, 4) is 0 Å². The van der Waals surface area contributed by atoms with Crippen LogP contribution in [0.1, 0.15) is 19.4 Å². The molecule has 0 unspecified atom stereocenters. The summed E-state index contributed by atoms with van der Waals surface area (Å²) in [6.45, 7) is 4.94. The predicted octanol–water partition coefficient (Wildman–Crippen LogP) is 2.11. The number of hydrogen-bond donors (Lipinski definition) is 0. The number of rotatable bonds is 5. The predicted molar refractivity (Wildman–Crippen MR) is 73.3 cm³/mol. The quantitative estimate of drug-likeness (QED) is 0.470. The molecule has 0 saturated carbocycles. The van der Waals surface area contributed by atoms with E-state index in [4.69, 9.17) is 19.0 Å². The summed E-state index contributed by atoms with van der Waals surface area (Å²) in [4.78, 5) is 5.29. The zero-order valence-corrected chi connectivity index (χ0v) is 11.7. The minimum Gasteiger partial charge on any atom is -0.391 e. The second-order valence-electron chi connectivity index (χ2n) is 5.45. The van der Waals surface area contributed by atoms with E-state index in [1.54, 1.807) is 6.21 Å². The standard InChI is InChI=1S/C15H19NO4/c1-15(2)19-12(14(20-15)13-10-17-13)8-16-18-9-11-6-4-3-5-7-11/h3-8,12-14H,9-10H2,1-2H3/b16-8+/t12-,13-,14-/m0/s1. The molecule has 108 valence electrons. The maximum Gasteiger partial charge on any atom is 0.164 e. The molecule has 20 heavy (non-hydrogen) atoms. The molecule has 1 aromatic carbocycles. The summed E-state index contributed by atoms with van der Waals surface area (Å²) >= 11 is 0. The largest absolute Gasteiger partial charge is 0.391 e. The Morgan fingerprint density at radius 1 is 1.30 bits per heavy atom. The van der Waals surface area contributed by atoms with Gasteiger partial charge in [0.15, 0.2) is 5.79 Å². The van der Waals surface area contributed by atoms with Crippen molar-refractivity contribution in [2.24, 2.45) is 5.16 Å². The molecule has 1 aromatic rings. The first-order valence-corrected chi connectivity index (χ1v) is 6.81. The highest BCUT2D eigenvalue weighted by Gasteiger charge is 2.49. The van der Waals surface area contributed by atoms with E-state index in [0.29, 0.717) is 6.61 Å². The first-order valence-electron chi connectivity index (χ1n) is 6.81. The number of oxime groups is 1. The highest BCUT2D eigenvalue weighted by Crippen LogP contribution is 2.33. The molecule has 2 fully saturated rings. The van der Waals surface area contributed by atoms with Crippen molar-refractivity contribution in [1.82, 2.24) is 0 Å². The number of epoxide rings is 1. The number of ether oxygens (including phenoxy) is 3. The van der Waals surface area contributed by atoms with Crippen LogP contribution in [0, 0.1) is 0 Å². The minimum atomic E-state index is -0.604. The van der Waals surface area contributed by atoms with Gasteiger partial charge in [0.25, 0.3) is 0 Å². The van der Waals surface area contributed by atoms with Crippen LogP contribution >= 0.6 is 0 Å². The Hall–Kier alpha value is -1.43.